The second kappa shape index (κ2) is 13.2. The summed E-state index contributed by atoms with van der Waals surface area (Å²) in [5.74, 6) is 6.22. The summed E-state index contributed by atoms with van der Waals surface area (Å²) in [7, 11) is 1.93. The topological polar surface area (TPSA) is 138 Å². The predicted molar refractivity (Wildman–Crippen MR) is 183 cm³/mol. The van der Waals surface area contributed by atoms with Crippen LogP contribution in [-0.4, -0.2) is 72.6 Å². The Morgan fingerprint density at radius 3 is 2.67 bits per heavy atom. The molecule has 5 heterocycles. The van der Waals surface area contributed by atoms with Crippen molar-refractivity contribution in [3.05, 3.63) is 118 Å². The van der Waals surface area contributed by atoms with Gasteiger partial charge in [0.2, 0.25) is 0 Å². The zero-order chi connectivity index (χ0) is 33.2. The summed E-state index contributed by atoms with van der Waals surface area (Å²) in [6.07, 6.45) is 5.84. The maximum absolute atomic E-state index is 14.5. The van der Waals surface area contributed by atoms with Gasteiger partial charge in [0.05, 0.1) is 42.1 Å². The van der Waals surface area contributed by atoms with E-state index in [0.29, 0.717) is 33.4 Å². The molecule has 1 amide bonds. The second-order valence-electron chi connectivity index (χ2n) is 11.7. The van der Waals surface area contributed by atoms with Gasteiger partial charge in [0.15, 0.2) is 11.5 Å². The van der Waals surface area contributed by atoms with E-state index >= 15 is 0 Å². The molecule has 48 heavy (non-hydrogen) atoms. The predicted octanol–water partition coefficient (Wildman–Crippen LogP) is 3.11. The number of aryl methyl sites for hydroxylation is 1. The Kier molecular flexibility index (Phi) is 8.46. The lowest BCUT2D eigenvalue weighted by Crippen LogP contribution is -2.37. The number of nitrogens with two attached hydrogens (primary N) is 1. The molecule has 0 radical (unpaired) electrons. The number of benzene rings is 2. The van der Waals surface area contributed by atoms with Crippen molar-refractivity contribution in [1.29, 1.82) is 0 Å². The van der Waals surface area contributed by atoms with Gasteiger partial charge in [0, 0.05) is 62.4 Å². The molecule has 6 aromatic rings. The van der Waals surface area contributed by atoms with Crippen LogP contribution in [0.2, 0.25) is 0 Å². The molecule has 0 saturated carbocycles. The number of carbonyl (C=O) groups is 1. The minimum absolute atomic E-state index is 0.0680. The molecule has 0 bridgehead atoms. The molecular formula is C36H35N9O3. The lowest BCUT2D eigenvalue weighted by atomic mass is 10.0. The first kappa shape index (κ1) is 30.9. The quantitative estimate of drug-likeness (QED) is 0.254. The highest BCUT2D eigenvalue weighted by Crippen LogP contribution is 2.25. The number of carbonyl (C=O) groups excluding carboxylic acids is 1. The molecule has 1 aliphatic rings. The SMILES string of the molecule is C[C@@H](NC(=O)c1c(N)nn2cccnc12)c1cc2cccc(C#Cc3cnn(C)c3CCN3CCOCC3)c2c(=O)n1-c1ccccc1. The van der Waals surface area contributed by atoms with Crippen molar-refractivity contribution < 1.29 is 9.53 Å². The zero-order valence-corrected chi connectivity index (χ0v) is 26.8. The summed E-state index contributed by atoms with van der Waals surface area (Å²) >= 11 is 0. The average molecular weight is 642 g/mol. The van der Waals surface area contributed by atoms with E-state index in [1.165, 1.54) is 4.52 Å². The van der Waals surface area contributed by atoms with Gasteiger partial charge in [-0.3, -0.25) is 23.7 Å². The van der Waals surface area contributed by atoms with Crippen molar-refractivity contribution in [2.45, 2.75) is 19.4 Å². The number of nitrogens with one attached hydrogen (secondary N) is 1. The van der Waals surface area contributed by atoms with Crippen LogP contribution in [0.4, 0.5) is 5.82 Å². The highest BCUT2D eigenvalue weighted by molar-refractivity contribution is 6.04. The van der Waals surface area contributed by atoms with E-state index in [1.807, 2.05) is 73.3 Å². The third-order valence-corrected chi connectivity index (χ3v) is 8.69. The molecule has 12 nitrogen and oxygen atoms in total. The number of ether oxygens (including phenoxy) is 1. The van der Waals surface area contributed by atoms with Crippen molar-refractivity contribution >= 4 is 28.1 Å². The highest BCUT2D eigenvalue weighted by Gasteiger charge is 2.24. The molecule has 1 aliphatic heterocycles. The number of nitrogens with zero attached hydrogens (tertiary/aromatic N) is 7. The fourth-order valence-corrected chi connectivity index (χ4v) is 6.20. The molecule has 242 valence electrons. The van der Waals surface area contributed by atoms with Crippen LogP contribution in [0.1, 0.15) is 45.8 Å². The fraction of sp³-hybridized carbons (Fsp3) is 0.250. The van der Waals surface area contributed by atoms with Crippen LogP contribution in [0.3, 0.4) is 0 Å². The number of amides is 1. The third kappa shape index (κ3) is 5.92. The van der Waals surface area contributed by atoms with Crippen LogP contribution < -0.4 is 16.6 Å². The third-order valence-electron chi connectivity index (χ3n) is 8.69. The molecule has 1 atom stereocenters. The first-order valence-electron chi connectivity index (χ1n) is 15.9. The van der Waals surface area contributed by atoms with E-state index in [1.54, 1.807) is 29.2 Å². The maximum atomic E-state index is 14.5. The number of hydrogen-bond acceptors (Lipinski definition) is 8. The van der Waals surface area contributed by atoms with Crippen LogP contribution in [0, 0.1) is 11.8 Å². The standard InChI is InChI=1S/C36H35N9O3/c1-24(40-35(46)32-33(37)41-44-16-7-15-38-34(32)44)30-22-26-9-6-8-25(31(26)36(47)45(30)28-10-4-3-5-11-28)12-13-27-23-39-42(2)29(27)14-17-43-18-20-48-21-19-43/h3-11,15-16,22-24H,14,17-21H2,1-2H3,(H2,37,41)(H,40,46)/t24-/m1/s1. The molecule has 7 rings (SSSR count). The first-order chi connectivity index (χ1) is 23.4. The number of rotatable bonds is 7. The summed E-state index contributed by atoms with van der Waals surface area (Å²) in [4.78, 5) is 34.7. The molecule has 1 saturated heterocycles. The number of anilines is 1. The second-order valence-corrected chi connectivity index (χ2v) is 11.7. The van der Waals surface area contributed by atoms with Crippen LogP contribution in [0.5, 0.6) is 0 Å². The Labute approximate surface area is 276 Å². The van der Waals surface area contributed by atoms with Crippen LogP contribution in [-0.2, 0) is 18.2 Å². The Morgan fingerprint density at radius 2 is 1.85 bits per heavy atom. The van der Waals surface area contributed by atoms with Gasteiger partial charge in [0.1, 0.15) is 5.56 Å². The summed E-state index contributed by atoms with van der Waals surface area (Å²) in [5, 5.41) is 12.9. The molecule has 3 N–H and O–H groups in total. The number of hydrogen-bond donors (Lipinski definition) is 2. The Balaban J connectivity index is 1.26. The van der Waals surface area contributed by atoms with E-state index in [2.05, 4.69) is 37.2 Å². The Morgan fingerprint density at radius 1 is 1.06 bits per heavy atom. The molecule has 4 aromatic heterocycles. The van der Waals surface area contributed by atoms with Gasteiger partial charge in [-0.05, 0) is 42.6 Å². The number of fused-ring (bicyclic) bond motifs is 2. The number of aromatic nitrogens is 6. The van der Waals surface area contributed by atoms with E-state index in [9.17, 15) is 9.59 Å². The molecule has 0 spiro atoms. The van der Waals surface area contributed by atoms with Crippen molar-refractivity contribution in [2.24, 2.45) is 7.05 Å². The van der Waals surface area contributed by atoms with Crippen LogP contribution in [0.15, 0.2) is 84.0 Å². The average Bonchev–Trinajstić information content (AvgIpc) is 3.64. The largest absolute Gasteiger partial charge is 0.381 e. The van der Waals surface area contributed by atoms with Gasteiger partial charge >= 0.3 is 0 Å². The fourth-order valence-electron chi connectivity index (χ4n) is 6.20. The Hall–Kier alpha value is -5.77. The van der Waals surface area contributed by atoms with Crippen molar-refractivity contribution in [1.82, 2.24) is 39.2 Å². The highest BCUT2D eigenvalue weighted by atomic mass is 16.5. The first-order valence-corrected chi connectivity index (χ1v) is 15.9. The van der Waals surface area contributed by atoms with Crippen LogP contribution >= 0.6 is 0 Å². The summed E-state index contributed by atoms with van der Waals surface area (Å²) < 4.78 is 10.5. The smallest absolute Gasteiger partial charge is 0.264 e. The van der Waals surface area contributed by atoms with Gasteiger partial charge in [-0.1, -0.05) is 42.2 Å². The van der Waals surface area contributed by atoms with Crippen LogP contribution in [0.25, 0.3) is 22.1 Å². The maximum Gasteiger partial charge on any atom is 0.264 e. The van der Waals surface area contributed by atoms with E-state index in [-0.39, 0.29) is 16.9 Å². The van der Waals surface area contributed by atoms with E-state index in [4.69, 9.17) is 10.5 Å². The monoisotopic (exact) mass is 641 g/mol. The molecule has 12 heteroatoms. The number of nitrogen functional groups attached to an aromatic ring is 1. The van der Waals surface area contributed by atoms with Gasteiger partial charge in [0.25, 0.3) is 11.5 Å². The molecule has 0 unspecified atom stereocenters. The lowest BCUT2D eigenvalue weighted by molar-refractivity contribution is 0.0382. The minimum Gasteiger partial charge on any atom is -0.381 e. The van der Waals surface area contributed by atoms with Gasteiger partial charge in [-0.15, -0.1) is 5.10 Å². The zero-order valence-electron chi connectivity index (χ0n) is 26.8. The van der Waals surface area contributed by atoms with Gasteiger partial charge in [-0.2, -0.15) is 5.10 Å². The number of pyridine rings is 1. The molecular weight excluding hydrogens is 606 g/mol. The van der Waals surface area contributed by atoms with E-state index < -0.39 is 11.9 Å². The summed E-state index contributed by atoms with van der Waals surface area (Å²) in [6, 6.07) is 18.0. The molecule has 2 aromatic carbocycles. The number of para-hydroxylation sites is 1. The molecule has 0 aliphatic carbocycles. The van der Waals surface area contributed by atoms with Gasteiger partial charge in [-0.25, -0.2) is 9.50 Å². The van der Waals surface area contributed by atoms with Gasteiger partial charge < -0.3 is 15.8 Å². The lowest BCUT2D eigenvalue weighted by Gasteiger charge is -2.26. The summed E-state index contributed by atoms with van der Waals surface area (Å²) in [6.45, 7) is 6.06. The van der Waals surface area contributed by atoms with E-state index in [0.717, 1.165) is 50.5 Å². The summed E-state index contributed by atoms with van der Waals surface area (Å²) in [5.41, 5.74) is 10.2. The Bertz CT molecular complexity index is 2250. The normalized spacial score (nSPS) is 14.1. The van der Waals surface area contributed by atoms with Crippen molar-refractivity contribution in [3.63, 3.8) is 0 Å². The van der Waals surface area contributed by atoms with Crippen molar-refractivity contribution in [2.75, 3.05) is 38.6 Å². The minimum atomic E-state index is -0.591. The van der Waals surface area contributed by atoms with Crippen molar-refractivity contribution in [3.8, 4) is 17.5 Å². The molecule has 1 fully saturated rings. The number of morpholine rings is 1.